The molecule has 1 fully saturated rings. The normalized spacial score (nSPS) is 28.9. The van der Waals surface area contributed by atoms with Gasteiger partial charge in [-0.1, -0.05) is 12.1 Å². The average molecular weight is 297 g/mol. The maximum Gasteiger partial charge on any atom is 0.152 e. The van der Waals surface area contributed by atoms with Crippen LogP contribution in [0.1, 0.15) is 18.4 Å². The van der Waals surface area contributed by atoms with Gasteiger partial charge in [0.1, 0.15) is 11.2 Å². The molecule has 0 N–H and O–H groups in total. The Bertz CT molecular complexity index is 653. The lowest BCUT2D eigenvalue weighted by molar-refractivity contribution is 0.117. The van der Waals surface area contributed by atoms with Gasteiger partial charge in [-0.2, -0.15) is 5.26 Å². The van der Waals surface area contributed by atoms with Crippen LogP contribution in [-0.4, -0.2) is 33.1 Å². The summed E-state index contributed by atoms with van der Waals surface area (Å²) in [5.41, 5.74) is -0.584. The lowest BCUT2D eigenvalue weighted by atomic mass is 10.0. The molecule has 0 aliphatic heterocycles. The van der Waals surface area contributed by atoms with E-state index in [1.54, 1.807) is 13.0 Å². The molecule has 1 aromatic carbocycles. The Kier molecular flexibility index (Phi) is 3.85. The Morgan fingerprint density at radius 1 is 1.50 bits per heavy atom. The molecule has 2 rings (SSSR count). The number of hydrogen-bond donors (Lipinski definition) is 0. The largest absolute Gasteiger partial charge is 0.380 e. The Morgan fingerprint density at radius 2 is 2.20 bits per heavy atom. The molecule has 0 saturated heterocycles. The predicted octanol–water partition coefficient (Wildman–Crippen LogP) is 1.88. The summed E-state index contributed by atoms with van der Waals surface area (Å²) in [5.74, 6) is -0.977. The molecule has 0 bridgehead atoms. The maximum atomic E-state index is 13.3. The lowest BCUT2D eigenvalue weighted by Crippen LogP contribution is -2.18. The van der Waals surface area contributed by atoms with Gasteiger partial charge >= 0.3 is 0 Å². The van der Waals surface area contributed by atoms with E-state index in [1.807, 2.05) is 0 Å². The summed E-state index contributed by atoms with van der Waals surface area (Å²) in [6.45, 7) is 2.22. The highest BCUT2D eigenvalue weighted by Gasteiger charge is 2.71. The van der Waals surface area contributed by atoms with Crippen LogP contribution in [0.5, 0.6) is 0 Å². The predicted molar refractivity (Wildman–Crippen MR) is 72.3 cm³/mol. The number of nitriles is 1. The second-order valence-corrected chi connectivity index (χ2v) is 7.24. The molecule has 108 valence electrons. The van der Waals surface area contributed by atoms with Crippen LogP contribution in [0, 0.1) is 22.6 Å². The highest BCUT2D eigenvalue weighted by molar-refractivity contribution is 7.91. The minimum Gasteiger partial charge on any atom is -0.380 e. The van der Waals surface area contributed by atoms with Crippen molar-refractivity contribution < 1.29 is 17.5 Å². The van der Waals surface area contributed by atoms with Gasteiger partial charge < -0.3 is 4.74 Å². The van der Waals surface area contributed by atoms with E-state index in [2.05, 4.69) is 6.07 Å². The number of sulfone groups is 1. The third-order valence-electron chi connectivity index (χ3n) is 3.68. The van der Waals surface area contributed by atoms with E-state index in [9.17, 15) is 18.1 Å². The Labute approximate surface area is 118 Å². The quantitative estimate of drug-likeness (QED) is 0.832. The minimum atomic E-state index is -3.41. The van der Waals surface area contributed by atoms with E-state index in [4.69, 9.17) is 4.74 Å². The first-order chi connectivity index (χ1) is 9.36. The van der Waals surface area contributed by atoms with E-state index in [-0.39, 0.29) is 6.61 Å². The molecule has 0 heterocycles. The Hall–Kier alpha value is -1.45. The number of hydrogen-bond acceptors (Lipinski definition) is 4. The van der Waals surface area contributed by atoms with Gasteiger partial charge in [0.25, 0.3) is 0 Å². The first-order valence-corrected chi connectivity index (χ1v) is 8.25. The lowest BCUT2D eigenvalue weighted by Gasteiger charge is -2.08. The second-order valence-electron chi connectivity index (χ2n) is 5.07. The topological polar surface area (TPSA) is 67.2 Å². The SMILES string of the molecule is CCOCC1(C#N)C(c2cccc(F)c2)C1S(C)(=O)=O. The fourth-order valence-corrected chi connectivity index (χ4v) is 4.66. The van der Waals surface area contributed by atoms with Gasteiger partial charge in [-0.05, 0) is 24.6 Å². The smallest absolute Gasteiger partial charge is 0.152 e. The molecule has 1 aliphatic rings. The molecular formula is C14H16FNO3S. The molecule has 6 heteroatoms. The number of benzene rings is 1. The first-order valence-electron chi connectivity index (χ1n) is 6.30. The monoisotopic (exact) mass is 297 g/mol. The molecule has 0 spiro atoms. The van der Waals surface area contributed by atoms with Crippen LogP contribution in [-0.2, 0) is 14.6 Å². The minimum absolute atomic E-state index is 0.0406. The van der Waals surface area contributed by atoms with Gasteiger partial charge in [0.2, 0.25) is 0 Å². The molecular weight excluding hydrogens is 281 g/mol. The molecule has 1 aliphatic carbocycles. The molecule has 3 atom stereocenters. The molecule has 0 radical (unpaired) electrons. The Morgan fingerprint density at radius 3 is 2.70 bits per heavy atom. The zero-order chi connectivity index (χ0) is 15.0. The summed E-state index contributed by atoms with van der Waals surface area (Å²) < 4.78 is 42.4. The van der Waals surface area contributed by atoms with Crippen molar-refractivity contribution in [3.05, 3.63) is 35.6 Å². The zero-order valence-electron chi connectivity index (χ0n) is 11.3. The van der Waals surface area contributed by atoms with Gasteiger partial charge in [-0.25, -0.2) is 12.8 Å². The summed E-state index contributed by atoms with van der Waals surface area (Å²) in [6, 6.07) is 7.83. The summed E-state index contributed by atoms with van der Waals surface area (Å²) in [6.07, 6.45) is 1.11. The highest BCUT2D eigenvalue weighted by Crippen LogP contribution is 2.62. The highest BCUT2D eigenvalue weighted by atomic mass is 32.2. The van der Waals surface area contributed by atoms with Crippen LogP contribution in [0.4, 0.5) is 4.39 Å². The average Bonchev–Trinajstić information content (AvgIpc) is 3.06. The van der Waals surface area contributed by atoms with Crippen molar-refractivity contribution in [1.29, 1.82) is 5.26 Å². The van der Waals surface area contributed by atoms with Crippen molar-refractivity contribution in [3.63, 3.8) is 0 Å². The second kappa shape index (κ2) is 5.15. The van der Waals surface area contributed by atoms with Crippen molar-refractivity contribution in [2.75, 3.05) is 19.5 Å². The zero-order valence-corrected chi connectivity index (χ0v) is 12.2. The van der Waals surface area contributed by atoms with Crippen LogP contribution >= 0.6 is 0 Å². The number of rotatable bonds is 5. The Balaban J connectivity index is 2.43. The van der Waals surface area contributed by atoms with Crippen molar-refractivity contribution >= 4 is 9.84 Å². The fourth-order valence-electron chi connectivity index (χ4n) is 2.81. The maximum absolute atomic E-state index is 13.3. The number of nitrogens with zero attached hydrogens (tertiary/aromatic N) is 1. The van der Waals surface area contributed by atoms with Gasteiger partial charge in [0, 0.05) is 18.8 Å². The third kappa shape index (κ3) is 2.43. The van der Waals surface area contributed by atoms with E-state index >= 15 is 0 Å². The van der Waals surface area contributed by atoms with Crippen LogP contribution < -0.4 is 0 Å². The van der Waals surface area contributed by atoms with E-state index in [1.165, 1.54) is 18.2 Å². The molecule has 20 heavy (non-hydrogen) atoms. The molecule has 0 aromatic heterocycles. The fraction of sp³-hybridized carbons (Fsp3) is 0.500. The van der Waals surface area contributed by atoms with E-state index in [0.717, 1.165) is 6.26 Å². The van der Waals surface area contributed by atoms with Gasteiger partial charge in [-0.15, -0.1) is 0 Å². The third-order valence-corrected chi connectivity index (χ3v) is 5.29. The van der Waals surface area contributed by atoms with Crippen LogP contribution in [0.25, 0.3) is 0 Å². The van der Waals surface area contributed by atoms with Gasteiger partial charge in [0.15, 0.2) is 9.84 Å². The molecule has 1 saturated carbocycles. The van der Waals surface area contributed by atoms with Gasteiger partial charge in [0.05, 0.1) is 17.9 Å². The standard InChI is InChI=1S/C14H16FNO3S/c1-3-19-9-14(8-16)12(13(14)20(2,17)18)10-5-4-6-11(15)7-10/h4-7,12-13H,3,9H2,1-2H3. The first kappa shape index (κ1) is 14.9. The van der Waals surface area contributed by atoms with E-state index in [0.29, 0.717) is 12.2 Å². The van der Waals surface area contributed by atoms with Crippen molar-refractivity contribution in [1.82, 2.24) is 0 Å². The molecule has 1 aromatic rings. The number of ether oxygens (including phenoxy) is 1. The van der Waals surface area contributed by atoms with Crippen molar-refractivity contribution in [2.45, 2.75) is 18.1 Å². The summed E-state index contributed by atoms with van der Waals surface area (Å²) >= 11 is 0. The van der Waals surface area contributed by atoms with E-state index < -0.39 is 32.2 Å². The summed E-state index contributed by atoms with van der Waals surface area (Å²) in [7, 11) is -3.41. The van der Waals surface area contributed by atoms with Gasteiger partial charge in [-0.3, -0.25) is 0 Å². The van der Waals surface area contributed by atoms with Crippen LogP contribution in [0.3, 0.4) is 0 Å². The van der Waals surface area contributed by atoms with Crippen LogP contribution in [0.2, 0.25) is 0 Å². The summed E-state index contributed by atoms with van der Waals surface area (Å²) in [4.78, 5) is 0. The molecule has 4 nitrogen and oxygen atoms in total. The van der Waals surface area contributed by atoms with Crippen molar-refractivity contribution in [2.24, 2.45) is 5.41 Å². The van der Waals surface area contributed by atoms with Crippen molar-refractivity contribution in [3.8, 4) is 6.07 Å². The van der Waals surface area contributed by atoms with Crippen LogP contribution in [0.15, 0.2) is 24.3 Å². The summed E-state index contributed by atoms with van der Waals surface area (Å²) in [5, 5.41) is 8.59. The molecule has 3 unspecified atom stereocenters. The number of halogens is 1. The molecule has 0 amide bonds.